The Morgan fingerprint density at radius 2 is 2.00 bits per heavy atom. The van der Waals surface area contributed by atoms with E-state index in [1.807, 2.05) is 32.0 Å². The van der Waals surface area contributed by atoms with Crippen LogP contribution in [-0.2, 0) is 0 Å². The molecule has 4 N–H and O–H groups in total. The predicted molar refractivity (Wildman–Crippen MR) is 48.2 cm³/mol. The van der Waals surface area contributed by atoms with Gasteiger partial charge in [-0.1, -0.05) is 17.7 Å². The molecule has 1 unspecified atom stereocenters. The van der Waals surface area contributed by atoms with Crippen LogP contribution in [0.1, 0.15) is 24.1 Å². The van der Waals surface area contributed by atoms with E-state index in [-0.39, 0.29) is 6.04 Å². The average Bonchev–Trinajstić information content (AvgIpc) is 1.94. The smallest absolute Gasteiger partial charge is 0.0362 e. The lowest BCUT2D eigenvalue weighted by Crippen LogP contribution is -2.08. The molecule has 0 aromatic heterocycles. The first-order valence-electron chi connectivity index (χ1n) is 3.73. The maximum absolute atomic E-state index is 5.71. The molecule has 1 aromatic rings. The van der Waals surface area contributed by atoms with E-state index in [1.165, 1.54) is 5.56 Å². The number of rotatable bonds is 1. The molecule has 0 spiro atoms. The Balaban J connectivity index is 3.13. The predicted octanol–water partition coefficient (Wildman–Crippen LogP) is 1.60. The van der Waals surface area contributed by atoms with Gasteiger partial charge in [-0.05, 0) is 25.5 Å². The standard InChI is InChI=1S/C9H14N2/c1-6-3-4-9(11)8(5-6)7(2)10/h3-5,7H,10-11H2,1-2H3. The summed E-state index contributed by atoms with van der Waals surface area (Å²) in [6, 6.07) is 5.93. The Kier molecular flexibility index (Phi) is 2.15. The molecule has 0 aliphatic carbocycles. The van der Waals surface area contributed by atoms with Crippen LogP contribution in [0.25, 0.3) is 0 Å². The van der Waals surface area contributed by atoms with Gasteiger partial charge in [-0.2, -0.15) is 0 Å². The molecule has 2 heteroatoms. The minimum atomic E-state index is 0.0231. The van der Waals surface area contributed by atoms with E-state index in [2.05, 4.69) is 0 Å². The fourth-order valence-electron chi connectivity index (χ4n) is 1.09. The molecule has 1 rings (SSSR count). The van der Waals surface area contributed by atoms with Crippen molar-refractivity contribution in [1.29, 1.82) is 0 Å². The third-order valence-electron chi connectivity index (χ3n) is 1.73. The van der Waals surface area contributed by atoms with Gasteiger partial charge in [0.05, 0.1) is 0 Å². The molecule has 1 aromatic carbocycles. The van der Waals surface area contributed by atoms with Crippen molar-refractivity contribution < 1.29 is 0 Å². The van der Waals surface area contributed by atoms with Crippen molar-refractivity contribution in [1.82, 2.24) is 0 Å². The SMILES string of the molecule is Cc1ccc(N)c(C(C)N)c1. The lowest BCUT2D eigenvalue weighted by molar-refractivity contribution is 0.820. The summed E-state index contributed by atoms with van der Waals surface area (Å²) in [5.74, 6) is 0. The minimum absolute atomic E-state index is 0.0231. The highest BCUT2D eigenvalue weighted by atomic mass is 14.6. The lowest BCUT2D eigenvalue weighted by Gasteiger charge is -2.09. The van der Waals surface area contributed by atoms with Crippen LogP contribution in [0, 0.1) is 6.92 Å². The molecule has 0 fully saturated rings. The molecule has 60 valence electrons. The molecular formula is C9H14N2. The molecule has 1 atom stereocenters. The van der Waals surface area contributed by atoms with Gasteiger partial charge in [0.15, 0.2) is 0 Å². The molecule has 2 nitrogen and oxygen atoms in total. The summed E-state index contributed by atoms with van der Waals surface area (Å²) in [6.45, 7) is 3.97. The maximum Gasteiger partial charge on any atom is 0.0362 e. The first-order chi connectivity index (χ1) is 5.11. The van der Waals surface area contributed by atoms with Crippen molar-refractivity contribution in [3.8, 4) is 0 Å². The Labute approximate surface area is 67.2 Å². The molecule has 0 saturated heterocycles. The first-order valence-corrected chi connectivity index (χ1v) is 3.73. The minimum Gasteiger partial charge on any atom is -0.398 e. The van der Waals surface area contributed by atoms with E-state index in [1.54, 1.807) is 0 Å². The van der Waals surface area contributed by atoms with Gasteiger partial charge in [0, 0.05) is 11.7 Å². The highest BCUT2D eigenvalue weighted by molar-refractivity contribution is 5.49. The van der Waals surface area contributed by atoms with Crippen LogP contribution in [0.15, 0.2) is 18.2 Å². The van der Waals surface area contributed by atoms with Gasteiger partial charge in [0.2, 0.25) is 0 Å². The zero-order chi connectivity index (χ0) is 8.43. The van der Waals surface area contributed by atoms with E-state index >= 15 is 0 Å². The number of hydrogen-bond donors (Lipinski definition) is 2. The summed E-state index contributed by atoms with van der Waals surface area (Å²) >= 11 is 0. The van der Waals surface area contributed by atoms with Crippen LogP contribution in [0.3, 0.4) is 0 Å². The topological polar surface area (TPSA) is 52.0 Å². The molecule has 11 heavy (non-hydrogen) atoms. The number of nitrogen functional groups attached to an aromatic ring is 1. The normalized spacial score (nSPS) is 13.0. The van der Waals surface area contributed by atoms with Gasteiger partial charge in [0.1, 0.15) is 0 Å². The highest BCUT2D eigenvalue weighted by Crippen LogP contribution is 2.18. The number of benzene rings is 1. The molecule has 0 radical (unpaired) electrons. The van der Waals surface area contributed by atoms with Crippen molar-refractivity contribution in [2.45, 2.75) is 19.9 Å². The summed E-state index contributed by atoms with van der Waals surface area (Å²) < 4.78 is 0. The average molecular weight is 150 g/mol. The van der Waals surface area contributed by atoms with Crippen molar-refractivity contribution in [3.05, 3.63) is 29.3 Å². The summed E-state index contributed by atoms with van der Waals surface area (Å²) in [6.07, 6.45) is 0. The Morgan fingerprint density at radius 1 is 1.36 bits per heavy atom. The number of hydrogen-bond acceptors (Lipinski definition) is 2. The summed E-state index contributed by atoms with van der Waals surface area (Å²) in [5, 5.41) is 0. The Bertz CT molecular complexity index is 254. The molecule has 0 saturated carbocycles. The van der Waals surface area contributed by atoms with Gasteiger partial charge < -0.3 is 11.5 Å². The fourth-order valence-corrected chi connectivity index (χ4v) is 1.09. The highest BCUT2D eigenvalue weighted by Gasteiger charge is 2.02. The third-order valence-corrected chi connectivity index (χ3v) is 1.73. The summed E-state index contributed by atoms with van der Waals surface area (Å²) in [5.41, 5.74) is 14.4. The van der Waals surface area contributed by atoms with Crippen LogP contribution in [0.4, 0.5) is 5.69 Å². The Hall–Kier alpha value is -1.02. The van der Waals surface area contributed by atoms with Crippen molar-refractivity contribution in [2.24, 2.45) is 5.73 Å². The van der Waals surface area contributed by atoms with E-state index in [0.29, 0.717) is 0 Å². The van der Waals surface area contributed by atoms with Crippen molar-refractivity contribution in [3.63, 3.8) is 0 Å². The van der Waals surface area contributed by atoms with E-state index in [0.717, 1.165) is 11.3 Å². The van der Waals surface area contributed by atoms with Gasteiger partial charge >= 0.3 is 0 Å². The zero-order valence-corrected chi connectivity index (χ0v) is 6.96. The Morgan fingerprint density at radius 3 is 2.45 bits per heavy atom. The van der Waals surface area contributed by atoms with E-state index in [9.17, 15) is 0 Å². The second kappa shape index (κ2) is 2.93. The van der Waals surface area contributed by atoms with Crippen LogP contribution in [0.5, 0.6) is 0 Å². The molecule has 0 aliphatic heterocycles. The monoisotopic (exact) mass is 150 g/mol. The first kappa shape index (κ1) is 8.08. The molecule has 0 aliphatic rings. The second-order valence-electron chi connectivity index (χ2n) is 2.92. The quantitative estimate of drug-likeness (QED) is 0.597. The maximum atomic E-state index is 5.71. The van der Waals surface area contributed by atoms with Crippen LogP contribution in [-0.4, -0.2) is 0 Å². The zero-order valence-electron chi connectivity index (χ0n) is 6.96. The fraction of sp³-hybridized carbons (Fsp3) is 0.333. The molecule has 0 bridgehead atoms. The van der Waals surface area contributed by atoms with Crippen molar-refractivity contribution >= 4 is 5.69 Å². The molecule has 0 heterocycles. The van der Waals surface area contributed by atoms with Crippen LogP contribution in [0.2, 0.25) is 0 Å². The van der Waals surface area contributed by atoms with Gasteiger partial charge in [-0.15, -0.1) is 0 Å². The van der Waals surface area contributed by atoms with Crippen molar-refractivity contribution in [2.75, 3.05) is 5.73 Å². The van der Waals surface area contributed by atoms with E-state index in [4.69, 9.17) is 11.5 Å². The molecule has 0 amide bonds. The molecular weight excluding hydrogens is 136 g/mol. The van der Waals surface area contributed by atoms with Gasteiger partial charge in [-0.3, -0.25) is 0 Å². The largest absolute Gasteiger partial charge is 0.398 e. The van der Waals surface area contributed by atoms with Gasteiger partial charge in [0.25, 0.3) is 0 Å². The third kappa shape index (κ3) is 1.71. The van der Waals surface area contributed by atoms with Crippen LogP contribution >= 0.6 is 0 Å². The number of aryl methyl sites for hydroxylation is 1. The number of anilines is 1. The summed E-state index contributed by atoms with van der Waals surface area (Å²) in [4.78, 5) is 0. The van der Waals surface area contributed by atoms with Gasteiger partial charge in [-0.25, -0.2) is 0 Å². The lowest BCUT2D eigenvalue weighted by atomic mass is 10.0. The van der Waals surface area contributed by atoms with E-state index < -0.39 is 0 Å². The number of nitrogens with two attached hydrogens (primary N) is 2. The summed E-state index contributed by atoms with van der Waals surface area (Å²) in [7, 11) is 0. The second-order valence-corrected chi connectivity index (χ2v) is 2.92. The van der Waals surface area contributed by atoms with Crippen LogP contribution < -0.4 is 11.5 Å².